The first-order chi connectivity index (χ1) is 24.8. The van der Waals surface area contributed by atoms with E-state index < -0.39 is 0 Å². The molecule has 0 saturated carbocycles. The third-order valence-electron chi connectivity index (χ3n) is 10.0. The van der Waals surface area contributed by atoms with Crippen LogP contribution in [0.5, 0.6) is 0 Å². The zero-order valence-corrected chi connectivity index (χ0v) is 27.3. The highest BCUT2D eigenvalue weighted by atomic mass is 16.3. The molecule has 1 aromatic heterocycles. The van der Waals surface area contributed by atoms with Crippen molar-refractivity contribution in [3.63, 3.8) is 0 Å². The minimum atomic E-state index is 0.876. The summed E-state index contributed by atoms with van der Waals surface area (Å²) in [5.41, 5.74) is 9.66. The lowest BCUT2D eigenvalue weighted by molar-refractivity contribution is 0.670. The van der Waals surface area contributed by atoms with Crippen LogP contribution < -0.4 is 4.90 Å². The molecule has 1 heterocycles. The topological polar surface area (TPSA) is 16.4 Å². The van der Waals surface area contributed by atoms with Gasteiger partial charge in [0.05, 0.1) is 16.8 Å². The average molecular weight is 638 g/mol. The highest BCUT2D eigenvalue weighted by molar-refractivity contribution is 6.19. The van der Waals surface area contributed by atoms with E-state index in [1.165, 1.54) is 43.4 Å². The molecule has 0 N–H and O–H groups in total. The molecule has 0 fully saturated rings. The molecule has 2 heteroatoms. The molecule has 10 rings (SSSR count). The van der Waals surface area contributed by atoms with E-state index in [-0.39, 0.29) is 0 Å². The predicted octanol–water partition coefficient (Wildman–Crippen LogP) is 13.8. The molecule has 0 unspecified atom stereocenters. The fourth-order valence-corrected chi connectivity index (χ4v) is 7.75. The maximum atomic E-state index is 6.76. The van der Waals surface area contributed by atoms with Crippen LogP contribution in [0.15, 0.2) is 192 Å². The molecule has 0 bridgehead atoms. The Morgan fingerprint density at radius 2 is 1.00 bits per heavy atom. The molecule has 0 aliphatic carbocycles. The van der Waals surface area contributed by atoms with E-state index in [4.69, 9.17) is 4.42 Å². The molecular formula is C48H31NO. The number of furan rings is 1. The molecule has 0 radical (unpaired) electrons. The summed E-state index contributed by atoms with van der Waals surface area (Å²) in [5.74, 6) is 0. The second kappa shape index (κ2) is 11.5. The van der Waals surface area contributed by atoms with Gasteiger partial charge in [0.1, 0.15) is 11.2 Å². The average Bonchev–Trinajstić information content (AvgIpc) is 3.58. The van der Waals surface area contributed by atoms with Crippen molar-refractivity contribution >= 4 is 71.3 Å². The van der Waals surface area contributed by atoms with E-state index in [9.17, 15) is 0 Å². The third-order valence-corrected chi connectivity index (χ3v) is 10.0. The van der Waals surface area contributed by atoms with Crippen LogP contribution in [0, 0.1) is 0 Å². The van der Waals surface area contributed by atoms with Crippen LogP contribution >= 0.6 is 0 Å². The van der Waals surface area contributed by atoms with Crippen molar-refractivity contribution in [2.45, 2.75) is 0 Å². The summed E-state index contributed by atoms with van der Waals surface area (Å²) in [6.07, 6.45) is 0. The van der Waals surface area contributed by atoms with E-state index in [1.54, 1.807) is 0 Å². The van der Waals surface area contributed by atoms with Gasteiger partial charge in [-0.1, -0.05) is 152 Å². The molecule has 2 nitrogen and oxygen atoms in total. The molecule has 50 heavy (non-hydrogen) atoms. The fourth-order valence-electron chi connectivity index (χ4n) is 7.75. The van der Waals surface area contributed by atoms with Crippen LogP contribution in [0.1, 0.15) is 0 Å². The first-order valence-corrected chi connectivity index (χ1v) is 17.1. The quantitative estimate of drug-likeness (QED) is 0.175. The van der Waals surface area contributed by atoms with Crippen molar-refractivity contribution in [2.75, 3.05) is 4.90 Å². The Kier molecular flexibility index (Phi) is 6.53. The van der Waals surface area contributed by atoms with Crippen LogP contribution in [-0.4, -0.2) is 0 Å². The normalized spacial score (nSPS) is 11.6. The van der Waals surface area contributed by atoms with E-state index in [0.29, 0.717) is 0 Å². The van der Waals surface area contributed by atoms with Crippen molar-refractivity contribution < 1.29 is 4.42 Å². The Morgan fingerprint density at radius 3 is 1.84 bits per heavy atom. The SMILES string of the molecule is c1ccc(-c2cccc3c(N(c4ccc5c(ccc6ccccc65)c4)c4ccc(-c5ccccc5)c5oc6ccccc6c45)cccc23)cc1. The van der Waals surface area contributed by atoms with Crippen molar-refractivity contribution in [2.24, 2.45) is 0 Å². The number of benzene rings is 9. The van der Waals surface area contributed by atoms with Crippen molar-refractivity contribution in [3.8, 4) is 22.3 Å². The van der Waals surface area contributed by atoms with Gasteiger partial charge in [-0.05, 0) is 80.0 Å². The monoisotopic (exact) mass is 637 g/mol. The van der Waals surface area contributed by atoms with Crippen LogP contribution in [0.25, 0.3) is 76.5 Å². The lowest BCUT2D eigenvalue weighted by atomic mass is 9.95. The molecule has 0 spiro atoms. The summed E-state index contributed by atoms with van der Waals surface area (Å²) < 4.78 is 6.76. The van der Waals surface area contributed by atoms with E-state index in [0.717, 1.165) is 50.1 Å². The molecule has 0 atom stereocenters. The Hall–Kier alpha value is -6.64. The number of anilines is 3. The first-order valence-electron chi connectivity index (χ1n) is 17.1. The molecule has 0 saturated heterocycles. The molecule has 9 aromatic carbocycles. The van der Waals surface area contributed by atoms with Crippen LogP contribution in [0.3, 0.4) is 0 Å². The summed E-state index contributed by atoms with van der Waals surface area (Å²) in [6, 6.07) is 67.5. The first kappa shape index (κ1) is 28.4. The number of para-hydroxylation sites is 1. The number of hydrogen-bond acceptors (Lipinski definition) is 2. The van der Waals surface area contributed by atoms with Gasteiger partial charge < -0.3 is 9.32 Å². The van der Waals surface area contributed by atoms with Gasteiger partial charge in [-0.3, -0.25) is 0 Å². The molecule has 10 aromatic rings. The predicted molar refractivity (Wildman–Crippen MR) is 212 cm³/mol. The highest BCUT2D eigenvalue weighted by Gasteiger charge is 2.24. The van der Waals surface area contributed by atoms with Gasteiger partial charge in [0.15, 0.2) is 0 Å². The molecule has 0 aliphatic heterocycles. The van der Waals surface area contributed by atoms with Crippen LogP contribution in [0.4, 0.5) is 17.1 Å². The minimum absolute atomic E-state index is 0.876. The Bertz CT molecular complexity index is 2870. The Morgan fingerprint density at radius 1 is 0.360 bits per heavy atom. The van der Waals surface area contributed by atoms with Gasteiger partial charge in [0.2, 0.25) is 0 Å². The summed E-state index contributed by atoms with van der Waals surface area (Å²) in [4.78, 5) is 2.44. The second-order valence-electron chi connectivity index (χ2n) is 12.9. The zero-order valence-electron chi connectivity index (χ0n) is 27.3. The lowest BCUT2D eigenvalue weighted by Gasteiger charge is -2.28. The summed E-state index contributed by atoms with van der Waals surface area (Å²) in [5, 5.41) is 9.53. The zero-order chi connectivity index (χ0) is 33.0. The maximum Gasteiger partial charge on any atom is 0.145 e. The van der Waals surface area contributed by atoms with Crippen molar-refractivity contribution in [1.82, 2.24) is 0 Å². The van der Waals surface area contributed by atoms with Crippen molar-refractivity contribution in [3.05, 3.63) is 188 Å². The molecule has 0 aliphatic rings. The van der Waals surface area contributed by atoms with E-state index in [1.807, 2.05) is 6.07 Å². The minimum Gasteiger partial charge on any atom is -0.455 e. The van der Waals surface area contributed by atoms with Gasteiger partial charge in [-0.25, -0.2) is 0 Å². The number of rotatable bonds is 5. The molecular weight excluding hydrogens is 607 g/mol. The summed E-state index contributed by atoms with van der Waals surface area (Å²) in [7, 11) is 0. The van der Waals surface area contributed by atoms with Crippen molar-refractivity contribution in [1.29, 1.82) is 0 Å². The van der Waals surface area contributed by atoms with Gasteiger partial charge in [-0.15, -0.1) is 0 Å². The molecule has 234 valence electrons. The summed E-state index contributed by atoms with van der Waals surface area (Å²) >= 11 is 0. The van der Waals surface area contributed by atoms with Crippen LogP contribution in [-0.2, 0) is 0 Å². The summed E-state index contributed by atoms with van der Waals surface area (Å²) in [6.45, 7) is 0. The standard InChI is InChI=1S/C48H31NO/c1-3-13-32(14-4-1)38-20-11-22-42-41(38)21-12-23-44(42)49(36-27-28-39-35(31-36)26-25-34-17-7-8-18-37(34)39)45-30-29-40(33-15-5-2-6-16-33)48-47(45)43-19-9-10-24-46(43)50-48/h1-31H. The van der Waals surface area contributed by atoms with Gasteiger partial charge in [-0.2, -0.15) is 0 Å². The maximum absolute atomic E-state index is 6.76. The smallest absolute Gasteiger partial charge is 0.145 e. The third kappa shape index (κ3) is 4.50. The Balaban J connectivity index is 1.30. The highest BCUT2D eigenvalue weighted by Crippen LogP contribution is 2.48. The van der Waals surface area contributed by atoms with E-state index >= 15 is 0 Å². The second-order valence-corrected chi connectivity index (χ2v) is 12.9. The molecule has 0 amide bonds. The fraction of sp³-hybridized carbons (Fsp3) is 0. The largest absolute Gasteiger partial charge is 0.455 e. The van der Waals surface area contributed by atoms with Gasteiger partial charge >= 0.3 is 0 Å². The van der Waals surface area contributed by atoms with Gasteiger partial charge in [0, 0.05) is 22.0 Å². The van der Waals surface area contributed by atoms with Gasteiger partial charge in [0.25, 0.3) is 0 Å². The van der Waals surface area contributed by atoms with E-state index in [2.05, 4.69) is 187 Å². The number of nitrogens with zero attached hydrogens (tertiary/aromatic N) is 1. The Labute approximate surface area is 290 Å². The van der Waals surface area contributed by atoms with Crippen LogP contribution in [0.2, 0.25) is 0 Å². The lowest BCUT2D eigenvalue weighted by Crippen LogP contribution is -2.11. The number of hydrogen-bond donors (Lipinski definition) is 0. The number of fused-ring (bicyclic) bond motifs is 7.